The van der Waals surface area contributed by atoms with Gasteiger partial charge in [0.1, 0.15) is 22.8 Å². The zero-order valence-electron chi connectivity index (χ0n) is 23.2. The third-order valence-electron chi connectivity index (χ3n) is 8.67. The first-order valence-corrected chi connectivity index (χ1v) is 14.4. The Bertz CT molecular complexity index is 1420. The van der Waals surface area contributed by atoms with Gasteiger partial charge in [0.05, 0.1) is 11.9 Å². The van der Waals surface area contributed by atoms with Crippen LogP contribution in [-0.4, -0.2) is 59.0 Å². The number of nitrogens with zero attached hydrogens (tertiary/aromatic N) is 5. The Morgan fingerprint density at radius 3 is 2.67 bits per heavy atom. The molecule has 206 valence electrons. The number of hydrogen-bond donors (Lipinski definition) is 2. The molecule has 2 bridgehead atoms. The molecule has 3 aliphatic heterocycles. The highest BCUT2D eigenvalue weighted by molar-refractivity contribution is 5.94. The molecule has 4 aliphatic rings. The zero-order chi connectivity index (χ0) is 27.1. The highest BCUT2D eigenvalue weighted by Crippen LogP contribution is 2.30. The summed E-state index contributed by atoms with van der Waals surface area (Å²) in [5.74, 6) is 1.65. The molecule has 2 amide bonds. The summed E-state index contributed by atoms with van der Waals surface area (Å²) in [6, 6.07) is 6.86. The molecule has 9 nitrogen and oxygen atoms in total. The number of aromatic nitrogens is 2. The Balaban J connectivity index is 1.32. The maximum atomic E-state index is 13.1. The fourth-order valence-corrected chi connectivity index (χ4v) is 6.51. The highest BCUT2D eigenvalue weighted by atomic mass is 16.2. The molecule has 2 aromatic rings. The van der Waals surface area contributed by atoms with Crippen molar-refractivity contribution in [3.8, 4) is 0 Å². The first-order chi connectivity index (χ1) is 18.9. The lowest BCUT2D eigenvalue weighted by Crippen LogP contribution is -2.37. The van der Waals surface area contributed by atoms with Crippen LogP contribution in [0.2, 0.25) is 0 Å². The van der Waals surface area contributed by atoms with Gasteiger partial charge in [-0.05, 0) is 62.3 Å². The van der Waals surface area contributed by atoms with Crippen molar-refractivity contribution in [2.45, 2.75) is 82.8 Å². The number of rotatable bonds is 6. The fourth-order valence-electron chi connectivity index (χ4n) is 6.51. The lowest BCUT2D eigenvalue weighted by atomic mass is 10.1. The van der Waals surface area contributed by atoms with Gasteiger partial charge in [-0.2, -0.15) is 0 Å². The van der Waals surface area contributed by atoms with Crippen LogP contribution < -0.4 is 26.2 Å². The third-order valence-corrected chi connectivity index (χ3v) is 8.67. The van der Waals surface area contributed by atoms with Crippen molar-refractivity contribution < 1.29 is 9.59 Å². The van der Waals surface area contributed by atoms with Crippen molar-refractivity contribution in [1.82, 2.24) is 19.8 Å². The Morgan fingerprint density at radius 2 is 1.95 bits per heavy atom. The number of carbonyl (C=O) groups excluding carboxylic acids is 2. The summed E-state index contributed by atoms with van der Waals surface area (Å²) >= 11 is 0. The predicted octanol–water partition coefficient (Wildman–Crippen LogP) is 3.09. The van der Waals surface area contributed by atoms with Gasteiger partial charge in [0, 0.05) is 50.4 Å². The van der Waals surface area contributed by atoms with Crippen LogP contribution in [0.3, 0.4) is 0 Å². The van der Waals surface area contributed by atoms with Crippen molar-refractivity contribution in [3.05, 3.63) is 52.2 Å². The van der Waals surface area contributed by atoms with Crippen LogP contribution in [-0.2, 0) is 4.79 Å². The first-order valence-electron chi connectivity index (χ1n) is 14.4. The molecule has 0 spiro atoms. The molecule has 2 atom stereocenters. The highest BCUT2D eigenvalue weighted by Gasteiger charge is 2.34. The van der Waals surface area contributed by atoms with Crippen molar-refractivity contribution in [2.24, 2.45) is 4.99 Å². The summed E-state index contributed by atoms with van der Waals surface area (Å²) in [4.78, 5) is 39.4. The summed E-state index contributed by atoms with van der Waals surface area (Å²) < 4.78 is 2.19. The second-order valence-electron chi connectivity index (χ2n) is 11.5. The van der Waals surface area contributed by atoms with Crippen molar-refractivity contribution >= 4 is 29.4 Å². The van der Waals surface area contributed by atoms with Crippen LogP contribution in [0, 0.1) is 0 Å². The number of allylic oxidation sites excluding steroid dienone is 1. The SMILES string of the molecule is CCC1=C(Nc2ccc(N3CC4CCC(CC3=O)N4)cn2)N=c2c(cc(C(=O)N(C)C)n2C2CCCC2)=CC1. The fraction of sp³-hybridized carbons (Fsp3) is 0.533. The molecule has 2 unspecified atom stereocenters. The van der Waals surface area contributed by atoms with Crippen LogP contribution in [0.1, 0.15) is 81.2 Å². The van der Waals surface area contributed by atoms with E-state index in [1.54, 1.807) is 25.2 Å². The van der Waals surface area contributed by atoms with Crippen LogP contribution in [0.4, 0.5) is 11.5 Å². The van der Waals surface area contributed by atoms with Crippen LogP contribution in [0.5, 0.6) is 0 Å². The van der Waals surface area contributed by atoms with E-state index in [1.807, 2.05) is 23.1 Å². The Hall–Kier alpha value is -3.46. The van der Waals surface area contributed by atoms with Crippen LogP contribution in [0.15, 0.2) is 40.8 Å². The molecule has 39 heavy (non-hydrogen) atoms. The number of fused-ring (bicyclic) bond motifs is 3. The Morgan fingerprint density at radius 1 is 1.15 bits per heavy atom. The second-order valence-corrected chi connectivity index (χ2v) is 11.5. The van der Waals surface area contributed by atoms with Gasteiger partial charge in [0.15, 0.2) is 0 Å². The van der Waals surface area contributed by atoms with E-state index < -0.39 is 0 Å². The summed E-state index contributed by atoms with van der Waals surface area (Å²) in [6.07, 6.45) is 12.8. The van der Waals surface area contributed by atoms with Gasteiger partial charge in [-0.3, -0.25) is 9.59 Å². The van der Waals surface area contributed by atoms with E-state index >= 15 is 0 Å². The monoisotopic (exact) mass is 529 g/mol. The molecule has 9 heteroatoms. The molecule has 0 aromatic carbocycles. The van der Waals surface area contributed by atoms with Gasteiger partial charge >= 0.3 is 0 Å². The minimum absolute atomic E-state index is 0.0107. The lowest BCUT2D eigenvalue weighted by Gasteiger charge is -2.24. The minimum atomic E-state index is 0.0107. The number of hydrogen-bond acceptors (Lipinski definition) is 6. The lowest BCUT2D eigenvalue weighted by molar-refractivity contribution is -0.118. The van der Waals surface area contributed by atoms with E-state index in [4.69, 9.17) is 4.99 Å². The maximum Gasteiger partial charge on any atom is 0.270 e. The van der Waals surface area contributed by atoms with E-state index in [0.29, 0.717) is 36.6 Å². The van der Waals surface area contributed by atoms with E-state index in [1.165, 1.54) is 18.4 Å². The van der Waals surface area contributed by atoms with Gasteiger partial charge in [0.25, 0.3) is 5.91 Å². The van der Waals surface area contributed by atoms with E-state index in [0.717, 1.165) is 60.7 Å². The molecule has 2 N–H and O–H groups in total. The second kappa shape index (κ2) is 10.6. The molecular weight excluding hydrogens is 490 g/mol. The standard InChI is InChI=1S/C30H39N7O2/c1-4-19-9-10-20-15-25(30(39)35(2)3)37(23-7-5-6-8-23)29(20)34-28(19)33-26-14-13-24(17-31-26)36-18-22-12-11-21(32-22)16-27(36)38/h10,13-15,17,21-23,32H,4-9,11-12,16,18H2,1-3H3,(H,31,33). The molecule has 2 saturated heterocycles. The van der Waals surface area contributed by atoms with Crippen LogP contribution in [0.25, 0.3) is 6.08 Å². The summed E-state index contributed by atoms with van der Waals surface area (Å²) in [7, 11) is 3.61. The summed E-state index contributed by atoms with van der Waals surface area (Å²) in [6.45, 7) is 2.83. The van der Waals surface area contributed by atoms with Gasteiger partial charge in [-0.1, -0.05) is 25.8 Å². The Kier molecular flexibility index (Phi) is 7.01. The number of amides is 2. The first kappa shape index (κ1) is 25.8. The predicted molar refractivity (Wildman–Crippen MR) is 152 cm³/mol. The molecule has 1 saturated carbocycles. The molecule has 0 radical (unpaired) electrons. The topological polar surface area (TPSA) is 94.9 Å². The maximum absolute atomic E-state index is 13.1. The van der Waals surface area contributed by atoms with Gasteiger partial charge in [0.2, 0.25) is 5.91 Å². The molecule has 1 aliphatic carbocycles. The molecule has 5 heterocycles. The molecular formula is C30H39N7O2. The third kappa shape index (κ3) is 5.00. The quantitative estimate of drug-likeness (QED) is 0.600. The number of nitrogens with one attached hydrogen (secondary N) is 2. The smallest absolute Gasteiger partial charge is 0.270 e. The number of pyridine rings is 1. The molecule has 3 fully saturated rings. The molecule has 2 aromatic heterocycles. The summed E-state index contributed by atoms with van der Waals surface area (Å²) in [5.41, 5.74) is 3.59. The van der Waals surface area contributed by atoms with Gasteiger partial charge in [-0.15, -0.1) is 0 Å². The molecule has 6 rings (SSSR count). The van der Waals surface area contributed by atoms with Crippen molar-refractivity contribution in [3.63, 3.8) is 0 Å². The van der Waals surface area contributed by atoms with Crippen LogP contribution >= 0.6 is 0 Å². The minimum Gasteiger partial charge on any atom is -0.343 e. The van der Waals surface area contributed by atoms with E-state index in [9.17, 15) is 9.59 Å². The van der Waals surface area contributed by atoms with Crippen molar-refractivity contribution in [1.29, 1.82) is 0 Å². The van der Waals surface area contributed by atoms with Gasteiger partial charge in [-0.25, -0.2) is 9.98 Å². The Labute approximate surface area is 229 Å². The summed E-state index contributed by atoms with van der Waals surface area (Å²) in [5, 5.41) is 8.07. The average Bonchev–Trinajstić information content (AvgIpc) is 3.63. The van der Waals surface area contributed by atoms with Crippen molar-refractivity contribution in [2.75, 3.05) is 30.9 Å². The number of anilines is 2. The normalized spacial score (nSPS) is 23.2. The van der Waals surface area contributed by atoms with E-state index in [-0.39, 0.29) is 17.9 Å². The average molecular weight is 530 g/mol. The van der Waals surface area contributed by atoms with E-state index in [2.05, 4.69) is 33.2 Å². The number of carbonyl (C=O) groups is 2. The zero-order valence-corrected chi connectivity index (χ0v) is 23.2. The van der Waals surface area contributed by atoms with Gasteiger partial charge < -0.3 is 25.0 Å². The largest absolute Gasteiger partial charge is 0.343 e.